The van der Waals surface area contributed by atoms with Gasteiger partial charge in [0.05, 0.1) is 53.3 Å². The highest BCUT2D eigenvalue weighted by Crippen LogP contribution is 2.42. The van der Waals surface area contributed by atoms with Crippen molar-refractivity contribution in [1.82, 2.24) is 66.1 Å². The van der Waals surface area contributed by atoms with E-state index in [-0.39, 0.29) is 91.2 Å². The van der Waals surface area contributed by atoms with Gasteiger partial charge in [-0.15, -0.1) is 68.0 Å². The van der Waals surface area contributed by atoms with Gasteiger partial charge in [0.2, 0.25) is 23.5 Å². The van der Waals surface area contributed by atoms with Crippen molar-refractivity contribution in [2.45, 2.75) is 90.0 Å². The molecule has 0 radical (unpaired) electrons. The van der Waals surface area contributed by atoms with E-state index in [0.29, 0.717) is 68.0 Å². The van der Waals surface area contributed by atoms with Crippen molar-refractivity contribution in [2.75, 3.05) is 25.6 Å². The SMILES string of the molecule is CNC(=O)C[C@@H]1NC(=O)c2csc(n2)-c2ccc(-c3nc(N(C(=O)C4CCC(C(=O)O)CC4)c4cnc(C(=O)O)[nH]4)cs3)nc2-c2csc(n2)-c2csc(n2)[C@H]([C@@H](O)c2ccccc2)NC(=O)CNC(=O)c2nc(sc2COC)C(C(C)C)CC(=O)c2nc1sc2C. The third-order valence-electron chi connectivity index (χ3n) is 15.5. The number of amides is 5. The van der Waals surface area contributed by atoms with Gasteiger partial charge in [-0.2, -0.15) is 0 Å². The van der Waals surface area contributed by atoms with Gasteiger partial charge in [-0.05, 0) is 56.2 Å². The maximum atomic E-state index is 14.5. The average molecular weight is 1360 g/mol. The molecule has 0 spiro atoms. The van der Waals surface area contributed by atoms with Crippen LogP contribution >= 0.6 is 68.0 Å². The second-order valence-corrected chi connectivity index (χ2v) is 27.7. The van der Waals surface area contributed by atoms with Gasteiger partial charge in [-0.25, -0.2) is 49.6 Å². The van der Waals surface area contributed by atoms with Crippen LogP contribution in [0.2, 0.25) is 0 Å². The average Bonchev–Trinajstić information content (AvgIpc) is 1.73. The summed E-state index contributed by atoms with van der Waals surface area (Å²) in [7, 11) is 2.94. The van der Waals surface area contributed by atoms with Crippen molar-refractivity contribution in [2.24, 2.45) is 17.8 Å². The van der Waals surface area contributed by atoms with E-state index in [2.05, 4.69) is 31.2 Å². The summed E-state index contributed by atoms with van der Waals surface area (Å²) in [6.07, 6.45) is 0.709. The molecule has 1 aromatic carbocycles. The molecule has 92 heavy (non-hydrogen) atoms. The number of carbonyl (C=O) groups is 8. The number of imidazole rings is 1. The fraction of sp³-hybridized carbons (Fsp3) is 0.333. The van der Waals surface area contributed by atoms with Crippen LogP contribution in [0.15, 0.2) is 70.2 Å². The Balaban J connectivity index is 0.994. The molecule has 26 nitrogen and oxygen atoms in total. The number of aliphatic hydroxyl groups excluding tert-OH is 1. The fourth-order valence-electron chi connectivity index (χ4n) is 10.6. The number of methoxy groups -OCH3 is 1. The molecule has 8 N–H and O–H groups in total. The lowest BCUT2D eigenvalue weighted by atomic mass is 9.81. The third-order valence-corrected chi connectivity index (χ3v) is 21.2. The van der Waals surface area contributed by atoms with Crippen molar-refractivity contribution in [3.05, 3.63) is 123 Å². The van der Waals surface area contributed by atoms with Crippen molar-refractivity contribution < 1.29 is 58.4 Å². The number of aryl methyl sites for hydroxylation is 1. The predicted octanol–water partition coefficient (Wildman–Crippen LogP) is 9.17. The molecule has 9 aromatic rings. The Morgan fingerprint density at radius 3 is 2.14 bits per heavy atom. The zero-order valence-corrected chi connectivity index (χ0v) is 54.5. The first kappa shape index (κ1) is 64.8. The van der Waals surface area contributed by atoms with Crippen LogP contribution < -0.4 is 26.2 Å². The molecule has 9 heterocycles. The third kappa shape index (κ3) is 14.0. The first-order valence-electron chi connectivity index (χ1n) is 28.8. The number of aromatic amines is 1. The number of pyridine rings is 1. The maximum Gasteiger partial charge on any atom is 0.371 e. The van der Waals surface area contributed by atoms with Gasteiger partial charge in [-0.1, -0.05) is 44.2 Å². The molecule has 11 rings (SSSR count). The lowest BCUT2D eigenvalue weighted by molar-refractivity contribution is -0.144. The second kappa shape index (κ2) is 28.0. The number of benzene rings is 1. The zero-order chi connectivity index (χ0) is 65.1. The standard InChI is InChI=1S/C60H58N14O12S6/c1-26(2)32-17-38(75)44-27(3)91-56(72-44)34(18-42(76)61-4)65-50(79)36-23-87-52(67-36)31-15-16-33(54-70-41(25-90-54)74(40-19-62-49(69-40)60(84)85)58(81)29-11-13-30(14-12-29)59(82)83)64-45(31)35-22-88-55(66-35)37-24-89-57(68-37)47(48(78)28-9-7-6-8-10-28)71-43(77)20-63-51(80)46-39(21-86-5)92-53(32)73-46/h6-10,15-16,19,22-26,29-30,32,34,47-48,78H,11-14,17-18,20-21H2,1-5H3,(H,61,76)(H,62,69)(H,63,80)(H,65,79)(H,71,77)(H,82,83)(H,84,85)/t29?,30?,32?,34-,47-,48-/m0/s1. The Morgan fingerprint density at radius 2 is 1.42 bits per heavy atom. The monoisotopic (exact) mass is 1360 g/mol. The van der Waals surface area contributed by atoms with E-state index in [0.717, 1.165) is 45.3 Å². The van der Waals surface area contributed by atoms with Crippen molar-refractivity contribution in [1.29, 1.82) is 0 Å². The summed E-state index contributed by atoms with van der Waals surface area (Å²) in [5.74, 6) is -7.57. The number of nitrogens with zero attached hydrogens (tertiary/aromatic N) is 9. The number of Topliss-reactive ketones (excluding diaryl/α,β-unsaturated/α-hetero) is 1. The van der Waals surface area contributed by atoms with Gasteiger partial charge in [-0.3, -0.25) is 33.6 Å². The maximum absolute atomic E-state index is 14.5. The molecule has 1 aliphatic carbocycles. The number of thiazole rings is 6. The first-order valence-corrected chi connectivity index (χ1v) is 33.9. The molecule has 10 bridgehead atoms. The zero-order valence-electron chi connectivity index (χ0n) is 49.6. The van der Waals surface area contributed by atoms with Crippen LogP contribution in [0.25, 0.3) is 43.4 Å². The Hall–Kier alpha value is -8.76. The normalized spacial score (nSPS) is 18.5. The van der Waals surface area contributed by atoms with Gasteiger partial charge in [0, 0.05) is 64.4 Å². The molecule has 1 unspecified atom stereocenters. The van der Waals surface area contributed by atoms with Crippen LogP contribution in [0.3, 0.4) is 0 Å². The highest BCUT2D eigenvalue weighted by molar-refractivity contribution is 7.15. The summed E-state index contributed by atoms with van der Waals surface area (Å²) in [6.45, 7) is 5.08. The van der Waals surface area contributed by atoms with Gasteiger partial charge in [0.25, 0.3) is 11.8 Å². The number of carbonyl (C=O) groups excluding carboxylic acids is 6. The van der Waals surface area contributed by atoms with Gasteiger partial charge >= 0.3 is 11.9 Å². The fourth-order valence-corrected chi connectivity index (χ4v) is 16.2. The molecule has 1 fully saturated rings. The van der Waals surface area contributed by atoms with E-state index in [1.807, 2.05) is 13.8 Å². The number of hydrogen-bond donors (Lipinski definition) is 8. The number of fused-ring (bicyclic) bond motifs is 14. The number of hydrogen-bond acceptors (Lipinski definition) is 24. The van der Waals surface area contributed by atoms with E-state index in [4.69, 9.17) is 39.6 Å². The Bertz CT molecular complexity index is 4270. The van der Waals surface area contributed by atoms with E-state index in [9.17, 15) is 53.7 Å². The van der Waals surface area contributed by atoms with Crippen LogP contribution in [-0.2, 0) is 30.5 Å². The number of aromatic nitrogens is 9. The molecular formula is C60H58N14O12S6. The largest absolute Gasteiger partial charge is 0.481 e. The lowest BCUT2D eigenvalue weighted by Gasteiger charge is -2.29. The van der Waals surface area contributed by atoms with Gasteiger partial charge < -0.3 is 46.3 Å². The number of ketones is 1. The molecule has 32 heteroatoms. The summed E-state index contributed by atoms with van der Waals surface area (Å²) in [4.78, 5) is 152. The number of aliphatic carboxylic acids is 1. The molecule has 1 saturated carbocycles. The highest BCUT2D eigenvalue weighted by Gasteiger charge is 2.37. The van der Waals surface area contributed by atoms with Gasteiger partial charge in [0.1, 0.15) is 77.2 Å². The van der Waals surface area contributed by atoms with Crippen LogP contribution in [-0.4, -0.2) is 128 Å². The molecular weight excluding hydrogens is 1300 g/mol. The molecule has 476 valence electrons. The number of carboxylic acid groups (broad SMARTS) is 2. The minimum Gasteiger partial charge on any atom is -0.481 e. The van der Waals surface area contributed by atoms with E-state index < -0.39 is 89.8 Å². The predicted molar refractivity (Wildman–Crippen MR) is 344 cm³/mol. The molecule has 2 aliphatic rings. The topological polar surface area (TPSA) is 377 Å². The van der Waals surface area contributed by atoms with Crippen molar-refractivity contribution in [3.8, 4) is 43.4 Å². The molecule has 5 amide bonds. The first-order chi connectivity index (χ1) is 44.2. The molecule has 1 aliphatic heterocycles. The summed E-state index contributed by atoms with van der Waals surface area (Å²) in [5, 5.41) is 51.4. The number of aliphatic hydroxyl groups is 1. The number of anilines is 2. The van der Waals surface area contributed by atoms with E-state index in [1.165, 1.54) is 47.9 Å². The molecule has 8 aromatic heterocycles. The van der Waals surface area contributed by atoms with Crippen LogP contribution in [0.1, 0.15) is 149 Å². The number of ether oxygens (including phenoxy) is 1. The molecule has 4 atom stereocenters. The summed E-state index contributed by atoms with van der Waals surface area (Å²) in [5.41, 5.74) is 2.39. The number of rotatable bonds is 13. The van der Waals surface area contributed by atoms with Crippen LogP contribution in [0.4, 0.5) is 11.6 Å². The Morgan fingerprint density at radius 1 is 0.728 bits per heavy atom. The highest BCUT2D eigenvalue weighted by atomic mass is 32.1. The second-order valence-electron chi connectivity index (χ2n) is 21.9. The Kier molecular flexibility index (Phi) is 19.7. The van der Waals surface area contributed by atoms with Crippen molar-refractivity contribution in [3.63, 3.8) is 0 Å². The summed E-state index contributed by atoms with van der Waals surface area (Å²) < 4.78 is 5.48. The van der Waals surface area contributed by atoms with E-state index in [1.54, 1.807) is 70.9 Å². The van der Waals surface area contributed by atoms with E-state index >= 15 is 0 Å². The summed E-state index contributed by atoms with van der Waals surface area (Å²) >= 11 is 7.04. The van der Waals surface area contributed by atoms with Gasteiger partial charge in [0.15, 0.2) is 11.6 Å². The minimum absolute atomic E-state index is 0.00991. The number of nitrogens with one attached hydrogen (secondary N) is 5. The quantitative estimate of drug-likeness (QED) is 0.0533. The Labute approximate surface area is 548 Å². The van der Waals surface area contributed by atoms with Crippen LogP contribution in [0, 0.1) is 24.7 Å². The number of aromatic carboxylic acids is 1. The van der Waals surface area contributed by atoms with Crippen molar-refractivity contribution >= 4 is 127 Å². The summed E-state index contributed by atoms with van der Waals surface area (Å²) in [6, 6.07) is 10.00. The smallest absolute Gasteiger partial charge is 0.371 e. The minimum atomic E-state index is -1.36. The molecule has 0 saturated heterocycles. The van der Waals surface area contributed by atoms with Crippen LogP contribution in [0.5, 0.6) is 0 Å². The number of carboxylic acids is 2. The number of H-pyrrole nitrogens is 1. The lowest BCUT2D eigenvalue weighted by Crippen LogP contribution is -2.40.